The van der Waals surface area contributed by atoms with Crippen LogP contribution in [0.3, 0.4) is 0 Å². The van der Waals surface area contributed by atoms with Crippen molar-refractivity contribution in [1.29, 1.82) is 0 Å². The predicted molar refractivity (Wildman–Crippen MR) is 124 cm³/mol. The van der Waals surface area contributed by atoms with E-state index in [0.717, 1.165) is 41.2 Å². The van der Waals surface area contributed by atoms with Crippen LogP contribution in [0.25, 0.3) is 0 Å². The van der Waals surface area contributed by atoms with Gasteiger partial charge in [-0.3, -0.25) is 0 Å². The quantitative estimate of drug-likeness (QED) is 0.725. The molecule has 8 heteroatoms. The molecule has 3 heterocycles. The molecule has 0 aromatic carbocycles. The van der Waals surface area contributed by atoms with Crippen LogP contribution in [-0.2, 0) is 17.7 Å². The molecule has 0 spiro atoms. The number of nitrogens with one attached hydrogen (secondary N) is 1. The van der Waals surface area contributed by atoms with Crippen molar-refractivity contribution in [2.75, 3.05) is 44.7 Å². The van der Waals surface area contributed by atoms with Gasteiger partial charge in [-0.15, -0.1) is 0 Å². The number of carbonyl (C=O) groups excluding carboxylic acids is 1. The second kappa shape index (κ2) is 8.69. The molecule has 180 valence electrons. The van der Waals surface area contributed by atoms with Crippen LogP contribution in [0.1, 0.15) is 56.2 Å². The van der Waals surface area contributed by atoms with Crippen LogP contribution in [0, 0.1) is 23.2 Å². The smallest absolute Gasteiger partial charge is 0.320 e. The molecule has 0 radical (unpaired) electrons. The Kier molecular flexibility index (Phi) is 5.69. The van der Waals surface area contributed by atoms with Crippen LogP contribution in [-0.4, -0.2) is 76.4 Å². The molecule has 33 heavy (non-hydrogen) atoms. The number of hydrogen-bond donors (Lipinski definition) is 2. The summed E-state index contributed by atoms with van der Waals surface area (Å²) in [6.45, 7) is 4.26. The third kappa shape index (κ3) is 3.99. The third-order valence-corrected chi connectivity index (χ3v) is 9.25. The lowest BCUT2D eigenvalue weighted by Gasteiger charge is -2.41. The maximum absolute atomic E-state index is 12.9. The fraction of sp³-hybridized carbons (Fsp3) is 0.800. The minimum atomic E-state index is -0.334. The molecular weight excluding hydrogens is 418 g/mol. The molecule has 3 saturated carbocycles. The van der Waals surface area contributed by atoms with Gasteiger partial charge in [0.1, 0.15) is 12.1 Å². The molecule has 8 nitrogen and oxygen atoms in total. The lowest BCUT2D eigenvalue weighted by Crippen LogP contribution is -2.49. The summed E-state index contributed by atoms with van der Waals surface area (Å²) in [6, 6.07) is 0.0743. The zero-order chi connectivity index (χ0) is 22.4. The molecule has 1 aromatic rings. The monoisotopic (exact) mass is 455 g/mol. The molecule has 4 fully saturated rings. The summed E-state index contributed by atoms with van der Waals surface area (Å²) in [5, 5.41) is 14.8. The van der Waals surface area contributed by atoms with Gasteiger partial charge in [-0.05, 0) is 55.3 Å². The van der Waals surface area contributed by atoms with E-state index in [1.807, 2.05) is 9.80 Å². The molecule has 2 N–H and O–H groups in total. The van der Waals surface area contributed by atoms with Crippen LogP contribution in [0.15, 0.2) is 6.33 Å². The highest BCUT2D eigenvalue weighted by molar-refractivity contribution is 5.75. The molecule has 2 aliphatic heterocycles. The lowest BCUT2D eigenvalue weighted by atomic mass is 9.66. The summed E-state index contributed by atoms with van der Waals surface area (Å²) >= 11 is 0. The van der Waals surface area contributed by atoms with Crippen LogP contribution < -0.4 is 5.32 Å². The highest BCUT2D eigenvalue weighted by Gasteiger charge is 2.54. The highest BCUT2D eigenvalue weighted by Crippen LogP contribution is 2.61. The number of aliphatic hydroxyl groups excluding tert-OH is 1. The fourth-order valence-corrected chi connectivity index (χ4v) is 7.66. The van der Waals surface area contributed by atoms with E-state index in [0.29, 0.717) is 45.9 Å². The number of aliphatic hydroxyl groups is 1. The van der Waals surface area contributed by atoms with E-state index in [1.54, 1.807) is 6.33 Å². The molecule has 5 atom stereocenters. The number of ether oxygens (including phenoxy) is 1. The van der Waals surface area contributed by atoms with Crippen molar-refractivity contribution in [2.45, 2.75) is 64.0 Å². The third-order valence-electron chi connectivity index (χ3n) is 9.25. The van der Waals surface area contributed by atoms with Crippen molar-refractivity contribution in [3.05, 3.63) is 17.6 Å². The first kappa shape index (κ1) is 21.6. The van der Waals surface area contributed by atoms with Gasteiger partial charge in [-0.2, -0.15) is 0 Å². The van der Waals surface area contributed by atoms with Gasteiger partial charge in [0.25, 0.3) is 0 Å². The Labute approximate surface area is 196 Å². The first-order chi connectivity index (χ1) is 16.1. The Morgan fingerprint density at radius 3 is 2.88 bits per heavy atom. The van der Waals surface area contributed by atoms with Gasteiger partial charge >= 0.3 is 6.03 Å². The fourth-order valence-electron chi connectivity index (χ4n) is 7.66. The van der Waals surface area contributed by atoms with Crippen LogP contribution in [0.2, 0.25) is 0 Å². The minimum absolute atomic E-state index is 0.0743. The second-order valence-electron chi connectivity index (χ2n) is 11.1. The van der Waals surface area contributed by atoms with Crippen molar-refractivity contribution < 1.29 is 14.6 Å². The largest absolute Gasteiger partial charge is 0.391 e. The standard InChI is InChI=1S/C25H37N5O3/c31-22(25-11-17-2-1-3-18(12-25)19(10-17)13-25)14-26-23-20-4-5-30(15-21(20)27-16-28-23)24(32)29-6-8-33-9-7-29/h16-19,22,31H,1-15H2,(H,26,27,28). The van der Waals surface area contributed by atoms with E-state index >= 15 is 0 Å². The van der Waals surface area contributed by atoms with Gasteiger partial charge in [-0.25, -0.2) is 14.8 Å². The minimum Gasteiger partial charge on any atom is -0.391 e. The molecular formula is C25H37N5O3. The first-order valence-corrected chi connectivity index (χ1v) is 13.0. The zero-order valence-electron chi connectivity index (χ0n) is 19.5. The molecule has 5 aliphatic rings. The number of fused-ring (bicyclic) bond motifs is 3. The van der Waals surface area contributed by atoms with Gasteiger partial charge in [-0.1, -0.05) is 19.3 Å². The van der Waals surface area contributed by atoms with Crippen LogP contribution >= 0.6 is 0 Å². The van der Waals surface area contributed by atoms with Crippen LogP contribution in [0.4, 0.5) is 10.6 Å². The molecule has 3 bridgehead atoms. The summed E-state index contributed by atoms with van der Waals surface area (Å²) in [5.41, 5.74) is 2.11. The summed E-state index contributed by atoms with van der Waals surface area (Å²) in [7, 11) is 0. The summed E-state index contributed by atoms with van der Waals surface area (Å²) in [4.78, 5) is 25.7. The Morgan fingerprint density at radius 1 is 1.15 bits per heavy atom. The average Bonchev–Trinajstić information content (AvgIpc) is 3.03. The van der Waals surface area contributed by atoms with Gasteiger partial charge in [0, 0.05) is 31.7 Å². The SMILES string of the molecule is O=C(N1CCOCC1)N1CCc2c(ncnc2NCC(O)C23CC4CCCC(C2)C(C4)C3)C1. The second-order valence-corrected chi connectivity index (χ2v) is 11.1. The van der Waals surface area contributed by atoms with Crippen molar-refractivity contribution >= 4 is 11.8 Å². The number of amides is 2. The van der Waals surface area contributed by atoms with Gasteiger partial charge in [0.2, 0.25) is 0 Å². The van der Waals surface area contributed by atoms with Crippen LogP contribution in [0.5, 0.6) is 0 Å². The Morgan fingerprint density at radius 2 is 2.00 bits per heavy atom. The average molecular weight is 456 g/mol. The number of rotatable bonds is 4. The highest BCUT2D eigenvalue weighted by atomic mass is 16.5. The van der Waals surface area contributed by atoms with E-state index in [1.165, 1.54) is 44.9 Å². The first-order valence-electron chi connectivity index (χ1n) is 13.0. The molecule has 3 aliphatic carbocycles. The summed E-state index contributed by atoms with van der Waals surface area (Å²) in [5.74, 6) is 3.31. The summed E-state index contributed by atoms with van der Waals surface area (Å²) in [6.07, 6.45) is 11.1. The normalized spacial score (nSPS) is 34.0. The van der Waals surface area contributed by atoms with Crippen molar-refractivity contribution in [2.24, 2.45) is 23.2 Å². The summed E-state index contributed by atoms with van der Waals surface area (Å²) < 4.78 is 5.38. The number of carbonyl (C=O) groups is 1. The molecule has 2 amide bonds. The van der Waals surface area contributed by atoms with Gasteiger partial charge in [0.15, 0.2) is 0 Å². The number of nitrogens with zero attached hydrogens (tertiary/aromatic N) is 4. The Balaban J connectivity index is 1.11. The van der Waals surface area contributed by atoms with Gasteiger partial charge < -0.3 is 25.0 Å². The topological polar surface area (TPSA) is 90.8 Å². The van der Waals surface area contributed by atoms with E-state index in [9.17, 15) is 9.90 Å². The van der Waals surface area contributed by atoms with Gasteiger partial charge in [0.05, 0.1) is 31.6 Å². The van der Waals surface area contributed by atoms with Crippen molar-refractivity contribution in [3.63, 3.8) is 0 Å². The van der Waals surface area contributed by atoms with E-state index in [4.69, 9.17) is 4.74 Å². The molecule has 6 rings (SSSR count). The number of hydrogen-bond acceptors (Lipinski definition) is 6. The number of aromatic nitrogens is 2. The zero-order valence-corrected chi connectivity index (χ0v) is 19.5. The Hall–Kier alpha value is -1.93. The Bertz CT molecular complexity index is 887. The number of anilines is 1. The maximum atomic E-state index is 12.9. The molecule has 1 saturated heterocycles. The lowest BCUT2D eigenvalue weighted by molar-refractivity contribution is -0.00311. The number of morpholine rings is 1. The maximum Gasteiger partial charge on any atom is 0.320 e. The van der Waals surface area contributed by atoms with Crippen molar-refractivity contribution in [1.82, 2.24) is 19.8 Å². The van der Waals surface area contributed by atoms with E-state index < -0.39 is 0 Å². The number of urea groups is 1. The van der Waals surface area contributed by atoms with Crippen molar-refractivity contribution in [3.8, 4) is 0 Å². The molecule has 1 aromatic heterocycles. The van der Waals surface area contributed by atoms with E-state index in [-0.39, 0.29) is 17.6 Å². The molecule has 5 unspecified atom stereocenters. The van der Waals surface area contributed by atoms with E-state index in [2.05, 4.69) is 15.3 Å². The predicted octanol–water partition coefficient (Wildman–Crippen LogP) is 2.67.